The van der Waals surface area contributed by atoms with Crippen molar-refractivity contribution < 1.29 is 0 Å². The van der Waals surface area contributed by atoms with Gasteiger partial charge in [-0.25, -0.2) is 0 Å². The molecule has 0 saturated heterocycles. The molecule has 2 heteroatoms. The van der Waals surface area contributed by atoms with Gasteiger partial charge >= 0.3 is 0 Å². The molecular weight excluding hydrogens is 196 g/mol. The summed E-state index contributed by atoms with van der Waals surface area (Å²) in [5.74, 6) is 0. The first-order valence-electron chi connectivity index (χ1n) is 6.35. The van der Waals surface area contributed by atoms with E-state index in [4.69, 9.17) is 0 Å². The predicted octanol–water partition coefficient (Wildman–Crippen LogP) is 2.57. The van der Waals surface area contributed by atoms with Crippen LogP contribution in [0.2, 0.25) is 0 Å². The van der Waals surface area contributed by atoms with Gasteiger partial charge in [0.15, 0.2) is 0 Å². The Bertz CT molecular complexity index is 347. The van der Waals surface area contributed by atoms with Gasteiger partial charge in [0.2, 0.25) is 0 Å². The first-order valence-corrected chi connectivity index (χ1v) is 6.35. The average molecular weight is 218 g/mol. The molecule has 1 heterocycles. The van der Waals surface area contributed by atoms with Crippen molar-refractivity contribution in [2.45, 2.75) is 32.7 Å². The molecule has 2 rings (SSSR count). The average Bonchev–Trinajstić information content (AvgIpc) is 2.66. The number of benzene rings is 1. The Morgan fingerprint density at radius 1 is 1.38 bits per heavy atom. The summed E-state index contributed by atoms with van der Waals surface area (Å²) in [5, 5.41) is 3.49. The van der Waals surface area contributed by atoms with Crippen molar-refractivity contribution >= 4 is 5.69 Å². The zero-order chi connectivity index (χ0) is 11.4. The predicted molar refractivity (Wildman–Crippen MR) is 70.0 cm³/mol. The number of anilines is 1. The number of nitrogens with one attached hydrogen (secondary N) is 1. The van der Waals surface area contributed by atoms with Crippen LogP contribution in [0, 0.1) is 0 Å². The van der Waals surface area contributed by atoms with Crippen LogP contribution in [-0.4, -0.2) is 20.1 Å². The highest BCUT2D eigenvalue weighted by atomic mass is 15.1. The Morgan fingerprint density at radius 2 is 2.25 bits per heavy atom. The van der Waals surface area contributed by atoms with E-state index in [9.17, 15) is 0 Å². The molecule has 1 aromatic rings. The van der Waals surface area contributed by atoms with Crippen molar-refractivity contribution in [2.75, 3.05) is 25.0 Å². The number of hydrogen-bond donors (Lipinski definition) is 1. The Balaban J connectivity index is 1.92. The zero-order valence-corrected chi connectivity index (χ0v) is 10.4. The van der Waals surface area contributed by atoms with Crippen LogP contribution >= 0.6 is 0 Å². The minimum atomic E-state index is 1.01. The number of fused-ring (bicyclic) bond motifs is 1. The van der Waals surface area contributed by atoms with Gasteiger partial charge in [-0.1, -0.05) is 25.5 Å². The molecule has 0 spiro atoms. The van der Waals surface area contributed by atoms with Crippen molar-refractivity contribution in [3.63, 3.8) is 0 Å². The maximum atomic E-state index is 3.49. The summed E-state index contributed by atoms with van der Waals surface area (Å²) in [7, 11) is 2.17. The molecule has 0 atom stereocenters. The lowest BCUT2D eigenvalue weighted by molar-refractivity contribution is 0.641. The summed E-state index contributed by atoms with van der Waals surface area (Å²) in [6.07, 6.45) is 3.74. The lowest BCUT2D eigenvalue weighted by atomic mass is 10.1. The van der Waals surface area contributed by atoms with Gasteiger partial charge in [-0.2, -0.15) is 0 Å². The summed E-state index contributed by atoms with van der Waals surface area (Å²) < 4.78 is 0. The van der Waals surface area contributed by atoms with Gasteiger partial charge in [-0.05, 0) is 36.6 Å². The summed E-state index contributed by atoms with van der Waals surface area (Å²) in [6.45, 7) is 5.54. The summed E-state index contributed by atoms with van der Waals surface area (Å²) >= 11 is 0. The molecule has 0 radical (unpaired) electrons. The molecule has 1 N–H and O–H groups in total. The van der Waals surface area contributed by atoms with Crippen molar-refractivity contribution in [3.8, 4) is 0 Å². The molecule has 0 amide bonds. The van der Waals surface area contributed by atoms with Crippen LogP contribution in [0.4, 0.5) is 5.69 Å². The molecule has 0 unspecified atom stereocenters. The van der Waals surface area contributed by atoms with Crippen LogP contribution in [0.1, 0.15) is 30.9 Å². The quantitative estimate of drug-likeness (QED) is 0.764. The van der Waals surface area contributed by atoms with Crippen LogP contribution in [-0.2, 0) is 13.0 Å². The van der Waals surface area contributed by atoms with Gasteiger partial charge in [0, 0.05) is 25.8 Å². The van der Waals surface area contributed by atoms with Crippen LogP contribution in [0.15, 0.2) is 18.2 Å². The topological polar surface area (TPSA) is 15.3 Å². The summed E-state index contributed by atoms with van der Waals surface area (Å²) in [6, 6.07) is 6.87. The minimum absolute atomic E-state index is 1.01. The van der Waals surface area contributed by atoms with Gasteiger partial charge in [-0.15, -0.1) is 0 Å². The van der Waals surface area contributed by atoms with Crippen LogP contribution in [0.25, 0.3) is 0 Å². The molecule has 0 bridgehead atoms. The third kappa shape index (κ3) is 2.56. The van der Waals surface area contributed by atoms with E-state index < -0.39 is 0 Å². The second kappa shape index (κ2) is 5.35. The van der Waals surface area contributed by atoms with Crippen LogP contribution in [0.3, 0.4) is 0 Å². The third-order valence-electron chi connectivity index (χ3n) is 3.31. The van der Waals surface area contributed by atoms with E-state index in [1.807, 2.05) is 0 Å². The van der Waals surface area contributed by atoms with Gasteiger partial charge < -0.3 is 10.2 Å². The summed E-state index contributed by atoms with van der Waals surface area (Å²) in [4.78, 5) is 2.34. The smallest absolute Gasteiger partial charge is 0.0397 e. The fourth-order valence-corrected chi connectivity index (χ4v) is 2.26. The molecule has 1 aliphatic heterocycles. The van der Waals surface area contributed by atoms with E-state index in [0.29, 0.717) is 0 Å². The molecule has 88 valence electrons. The SMILES string of the molecule is CCCCNCc1ccc2c(c1)CCN2C. The molecule has 0 aromatic heterocycles. The molecule has 0 saturated carbocycles. The first-order chi connectivity index (χ1) is 7.81. The van der Waals surface area contributed by atoms with Gasteiger partial charge in [0.25, 0.3) is 0 Å². The molecule has 16 heavy (non-hydrogen) atoms. The van der Waals surface area contributed by atoms with Crippen LogP contribution < -0.4 is 10.2 Å². The lowest BCUT2D eigenvalue weighted by Crippen LogP contribution is -2.14. The molecule has 0 aliphatic carbocycles. The normalized spacial score (nSPS) is 14.2. The van der Waals surface area contributed by atoms with E-state index in [1.165, 1.54) is 42.6 Å². The highest BCUT2D eigenvalue weighted by Gasteiger charge is 2.14. The zero-order valence-electron chi connectivity index (χ0n) is 10.4. The van der Waals surface area contributed by atoms with Crippen molar-refractivity contribution in [1.29, 1.82) is 0 Å². The van der Waals surface area contributed by atoms with E-state index in [0.717, 1.165) is 13.1 Å². The molecule has 2 nitrogen and oxygen atoms in total. The Morgan fingerprint density at radius 3 is 3.06 bits per heavy atom. The van der Waals surface area contributed by atoms with Gasteiger partial charge in [0.1, 0.15) is 0 Å². The third-order valence-corrected chi connectivity index (χ3v) is 3.31. The highest BCUT2D eigenvalue weighted by Crippen LogP contribution is 2.27. The maximum Gasteiger partial charge on any atom is 0.0397 e. The fourth-order valence-electron chi connectivity index (χ4n) is 2.26. The second-order valence-corrected chi connectivity index (χ2v) is 4.66. The van der Waals surface area contributed by atoms with E-state index in [2.05, 4.69) is 42.4 Å². The standard InChI is InChI=1S/C14H22N2/c1-3-4-8-15-11-12-5-6-14-13(10-12)7-9-16(14)2/h5-6,10,15H,3-4,7-9,11H2,1-2H3. The molecular formula is C14H22N2. The maximum absolute atomic E-state index is 3.49. The Hall–Kier alpha value is -1.02. The van der Waals surface area contributed by atoms with Crippen molar-refractivity contribution in [3.05, 3.63) is 29.3 Å². The minimum Gasteiger partial charge on any atom is -0.374 e. The van der Waals surface area contributed by atoms with E-state index >= 15 is 0 Å². The van der Waals surface area contributed by atoms with Crippen molar-refractivity contribution in [2.24, 2.45) is 0 Å². The van der Waals surface area contributed by atoms with E-state index in [1.54, 1.807) is 0 Å². The number of unbranched alkanes of at least 4 members (excludes halogenated alkanes) is 1. The monoisotopic (exact) mass is 218 g/mol. The largest absolute Gasteiger partial charge is 0.374 e. The summed E-state index contributed by atoms with van der Waals surface area (Å²) in [5.41, 5.74) is 4.35. The number of nitrogens with zero attached hydrogens (tertiary/aromatic N) is 1. The van der Waals surface area contributed by atoms with Crippen LogP contribution in [0.5, 0.6) is 0 Å². The fraction of sp³-hybridized carbons (Fsp3) is 0.571. The van der Waals surface area contributed by atoms with E-state index in [-0.39, 0.29) is 0 Å². The Labute approximate surface area is 98.7 Å². The first kappa shape index (κ1) is 11.5. The second-order valence-electron chi connectivity index (χ2n) is 4.66. The Kier molecular flexibility index (Phi) is 3.83. The highest BCUT2D eigenvalue weighted by molar-refractivity contribution is 5.58. The van der Waals surface area contributed by atoms with Gasteiger partial charge in [-0.3, -0.25) is 0 Å². The molecule has 0 fully saturated rings. The number of hydrogen-bond acceptors (Lipinski definition) is 2. The molecule has 1 aliphatic rings. The number of likely N-dealkylation sites (N-methyl/N-ethyl adjacent to an activating group) is 1. The van der Waals surface area contributed by atoms with Gasteiger partial charge in [0.05, 0.1) is 0 Å². The van der Waals surface area contributed by atoms with Crippen molar-refractivity contribution in [1.82, 2.24) is 5.32 Å². The molecule has 1 aromatic carbocycles. The lowest BCUT2D eigenvalue weighted by Gasteiger charge is -2.12. The number of rotatable bonds is 5.